The van der Waals surface area contributed by atoms with Crippen LogP contribution in [0.2, 0.25) is 0 Å². The molecule has 22 heavy (non-hydrogen) atoms. The lowest BCUT2D eigenvalue weighted by molar-refractivity contribution is -0.122. The number of hydrogen-bond acceptors (Lipinski definition) is 3. The number of benzene rings is 2. The lowest BCUT2D eigenvalue weighted by Gasteiger charge is -2.24. The van der Waals surface area contributed by atoms with Gasteiger partial charge in [0.15, 0.2) is 6.10 Å². The number of anilines is 1. The minimum atomic E-state index is -0.440. The molecule has 4 heteroatoms. The van der Waals surface area contributed by atoms with Crippen molar-refractivity contribution in [3.05, 3.63) is 59.7 Å². The third-order valence-corrected chi connectivity index (χ3v) is 3.72. The van der Waals surface area contributed by atoms with Crippen molar-refractivity contribution in [2.45, 2.75) is 26.1 Å². The van der Waals surface area contributed by atoms with Gasteiger partial charge in [-0.15, -0.1) is 0 Å². The van der Waals surface area contributed by atoms with Crippen LogP contribution in [-0.2, 0) is 17.9 Å². The van der Waals surface area contributed by atoms with Gasteiger partial charge in [0.1, 0.15) is 5.75 Å². The van der Waals surface area contributed by atoms with Crippen molar-refractivity contribution >= 4 is 11.6 Å². The Labute approximate surface area is 130 Å². The zero-order valence-electron chi connectivity index (χ0n) is 12.9. The van der Waals surface area contributed by atoms with Crippen LogP contribution in [0.25, 0.3) is 0 Å². The summed E-state index contributed by atoms with van der Waals surface area (Å²) in [5.41, 5.74) is 3.21. The fourth-order valence-corrected chi connectivity index (χ4v) is 2.61. The van der Waals surface area contributed by atoms with E-state index in [1.54, 1.807) is 6.92 Å². The molecule has 0 saturated carbocycles. The highest BCUT2D eigenvalue weighted by Gasteiger charge is 2.23. The molecule has 1 heterocycles. The van der Waals surface area contributed by atoms with E-state index < -0.39 is 6.10 Å². The summed E-state index contributed by atoms with van der Waals surface area (Å²) >= 11 is 0. The Hall–Kier alpha value is -2.33. The van der Waals surface area contributed by atoms with Gasteiger partial charge in [-0.1, -0.05) is 36.4 Å². The molecule has 0 radical (unpaired) electrons. The van der Waals surface area contributed by atoms with Crippen molar-refractivity contribution < 1.29 is 9.53 Å². The number of amides is 1. The van der Waals surface area contributed by atoms with Gasteiger partial charge in [-0.05, 0) is 37.2 Å². The van der Waals surface area contributed by atoms with Gasteiger partial charge in [0.2, 0.25) is 0 Å². The molecule has 0 fully saturated rings. The summed E-state index contributed by atoms with van der Waals surface area (Å²) < 4.78 is 5.65. The van der Waals surface area contributed by atoms with Gasteiger partial charge in [0.25, 0.3) is 5.91 Å². The predicted molar refractivity (Wildman–Crippen MR) is 86.8 cm³/mol. The van der Waals surface area contributed by atoms with Crippen LogP contribution in [0.15, 0.2) is 48.5 Å². The normalized spacial score (nSPS) is 16.9. The molecule has 0 aliphatic carbocycles. The predicted octanol–water partition coefficient (Wildman–Crippen LogP) is 3.04. The Morgan fingerprint density at radius 1 is 1.09 bits per heavy atom. The number of nitrogens with one attached hydrogen (secondary N) is 1. The Bertz CT molecular complexity index is 670. The lowest BCUT2D eigenvalue weighted by Crippen LogP contribution is -2.34. The van der Waals surface area contributed by atoms with Gasteiger partial charge in [-0.2, -0.15) is 0 Å². The molecule has 3 rings (SSSR count). The Kier molecular flexibility index (Phi) is 4.11. The molecule has 1 aliphatic rings. The monoisotopic (exact) mass is 296 g/mol. The maximum absolute atomic E-state index is 11.6. The summed E-state index contributed by atoms with van der Waals surface area (Å²) in [5, 5.41) is 2.85. The van der Waals surface area contributed by atoms with Crippen LogP contribution in [0.3, 0.4) is 0 Å². The first-order chi connectivity index (χ1) is 10.6. The van der Waals surface area contributed by atoms with E-state index in [0.29, 0.717) is 0 Å². The highest BCUT2D eigenvalue weighted by molar-refractivity contribution is 5.97. The van der Waals surface area contributed by atoms with Crippen molar-refractivity contribution in [1.29, 1.82) is 0 Å². The van der Waals surface area contributed by atoms with Gasteiger partial charge in [0.05, 0.1) is 5.69 Å². The van der Waals surface area contributed by atoms with Crippen LogP contribution in [0, 0.1) is 0 Å². The second kappa shape index (κ2) is 6.20. The smallest absolute Gasteiger partial charge is 0.265 e. The van der Waals surface area contributed by atoms with Crippen molar-refractivity contribution in [2.24, 2.45) is 0 Å². The molecule has 1 aliphatic heterocycles. The average molecular weight is 296 g/mol. The molecule has 1 amide bonds. The van der Waals surface area contributed by atoms with Crippen molar-refractivity contribution in [2.75, 3.05) is 12.4 Å². The summed E-state index contributed by atoms with van der Waals surface area (Å²) in [6.45, 7) is 3.48. The zero-order valence-corrected chi connectivity index (χ0v) is 12.9. The molecule has 0 saturated heterocycles. The molecule has 2 aromatic carbocycles. The number of nitrogens with zero attached hydrogens (tertiary/aromatic N) is 1. The standard InChI is InChI=1S/C18H20N2O2/c1-13-18(21)19-16-9-8-15(10-17(16)22-13)12-20(2)11-14-6-4-3-5-7-14/h3-10,13H,11-12H2,1-2H3,(H,19,21). The summed E-state index contributed by atoms with van der Waals surface area (Å²) in [5.74, 6) is 0.652. The van der Waals surface area contributed by atoms with Gasteiger partial charge in [-0.3, -0.25) is 9.69 Å². The van der Waals surface area contributed by atoms with Crippen molar-refractivity contribution in [3.63, 3.8) is 0 Å². The Morgan fingerprint density at radius 2 is 1.82 bits per heavy atom. The first-order valence-corrected chi connectivity index (χ1v) is 7.45. The van der Waals surface area contributed by atoms with Gasteiger partial charge >= 0.3 is 0 Å². The number of ether oxygens (including phenoxy) is 1. The maximum atomic E-state index is 11.6. The van der Waals surface area contributed by atoms with Crippen LogP contribution in [0.4, 0.5) is 5.69 Å². The molecule has 0 bridgehead atoms. The SMILES string of the molecule is CC1Oc2cc(CN(C)Cc3ccccc3)ccc2NC1=O. The second-order valence-electron chi connectivity index (χ2n) is 5.74. The summed E-state index contributed by atoms with van der Waals surface area (Å²) in [6, 6.07) is 16.3. The Morgan fingerprint density at radius 3 is 2.59 bits per heavy atom. The van der Waals surface area contributed by atoms with E-state index in [1.165, 1.54) is 11.1 Å². The number of fused-ring (bicyclic) bond motifs is 1. The first-order valence-electron chi connectivity index (χ1n) is 7.45. The lowest BCUT2D eigenvalue weighted by atomic mass is 10.1. The zero-order chi connectivity index (χ0) is 15.5. The highest BCUT2D eigenvalue weighted by Crippen LogP contribution is 2.30. The average Bonchev–Trinajstić information content (AvgIpc) is 2.49. The molecule has 114 valence electrons. The molecule has 0 spiro atoms. The fraction of sp³-hybridized carbons (Fsp3) is 0.278. The third-order valence-electron chi connectivity index (χ3n) is 3.72. The number of hydrogen-bond donors (Lipinski definition) is 1. The summed E-state index contributed by atoms with van der Waals surface area (Å²) in [6.07, 6.45) is -0.440. The molecule has 4 nitrogen and oxygen atoms in total. The molecule has 1 N–H and O–H groups in total. The van der Waals surface area contributed by atoms with Crippen LogP contribution in [-0.4, -0.2) is 24.0 Å². The Balaban J connectivity index is 1.68. The van der Waals surface area contributed by atoms with Gasteiger partial charge in [0, 0.05) is 13.1 Å². The number of carbonyl (C=O) groups excluding carboxylic acids is 1. The maximum Gasteiger partial charge on any atom is 0.265 e. The second-order valence-corrected chi connectivity index (χ2v) is 5.74. The molecular formula is C18H20N2O2. The minimum Gasteiger partial charge on any atom is -0.479 e. The van der Waals surface area contributed by atoms with E-state index in [9.17, 15) is 4.79 Å². The highest BCUT2D eigenvalue weighted by atomic mass is 16.5. The topological polar surface area (TPSA) is 41.6 Å². The summed E-state index contributed by atoms with van der Waals surface area (Å²) in [7, 11) is 2.09. The minimum absolute atomic E-state index is 0.0959. The van der Waals surface area contributed by atoms with Crippen LogP contribution in [0.5, 0.6) is 5.75 Å². The number of carbonyl (C=O) groups is 1. The van der Waals surface area contributed by atoms with Gasteiger partial charge in [-0.25, -0.2) is 0 Å². The van der Waals surface area contributed by atoms with E-state index in [1.807, 2.05) is 24.3 Å². The van der Waals surface area contributed by atoms with Crippen molar-refractivity contribution in [3.8, 4) is 5.75 Å². The van der Waals surface area contributed by atoms with E-state index in [2.05, 4.69) is 41.5 Å². The van der Waals surface area contributed by atoms with Crippen LogP contribution < -0.4 is 10.1 Å². The molecule has 0 aromatic heterocycles. The number of rotatable bonds is 4. The van der Waals surface area contributed by atoms with Crippen LogP contribution in [0.1, 0.15) is 18.1 Å². The van der Waals surface area contributed by atoms with E-state index in [0.717, 1.165) is 24.5 Å². The summed E-state index contributed by atoms with van der Waals surface area (Å²) in [4.78, 5) is 13.8. The molecule has 1 unspecified atom stereocenters. The van der Waals surface area contributed by atoms with Crippen LogP contribution >= 0.6 is 0 Å². The van der Waals surface area contributed by atoms with E-state index >= 15 is 0 Å². The van der Waals surface area contributed by atoms with E-state index in [4.69, 9.17) is 4.74 Å². The molecule has 2 aromatic rings. The first kappa shape index (κ1) is 14.6. The molecular weight excluding hydrogens is 276 g/mol. The largest absolute Gasteiger partial charge is 0.479 e. The van der Waals surface area contributed by atoms with Gasteiger partial charge < -0.3 is 10.1 Å². The van der Waals surface area contributed by atoms with Crippen molar-refractivity contribution in [1.82, 2.24) is 4.90 Å². The fourth-order valence-electron chi connectivity index (χ4n) is 2.61. The molecule has 1 atom stereocenters. The van der Waals surface area contributed by atoms with E-state index in [-0.39, 0.29) is 5.91 Å². The quantitative estimate of drug-likeness (QED) is 0.943. The third kappa shape index (κ3) is 3.28.